The number of hydrogen-bond donors (Lipinski definition) is 2. The molecule has 0 heterocycles. The van der Waals surface area contributed by atoms with Crippen LogP contribution in [0.3, 0.4) is 0 Å². The highest BCUT2D eigenvalue weighted by Gasteiger charge is 2.11. The Morgan fingerprint density at radius 1 is 1.50 bits per heavy atom. The molecule has 0 spiro atoms. The van der Waals surface area contributed by atoms with Crippen LogP contribution in [-0.4, -0.2) is 23.2 Å². The molecule has 6 heteroatoms. The molecule has 1 rings (SSSR count). The van der Waals surface area contributed by atoms with Crippen LogP contribution in [0, 0.1) is 10.1 Å². The Morgan fingerprint density at radius 3 is 2.88 bits per heavy atom. The molecule has 0 atom stereocenters. The Labute approximate surface area is 102 Å². The fourth-order valence-corrected chi connectivity index (χ4v) is 1.64. The van der Waals surface area contributed by atoms with Crippen LogP contribution >= 0.6 is 15.9 Å². The number of aliphatic hydroxyl groups excluding tert-OH is 1. The average molecular weight is 289 g/mol. The topological polar surface area (TPSA) is 75.4 Å². The first-order chi connectivity index (χ1) is 7.65. The van der Waals surface area contributed by atoms with Gasteiger partial charge in [0.05, 0.1) is 9.40 Å². The standard InChI is InChI=1S/C10H13BrN2O3/c11-9-3-2-8(6-10(9)13(15)16)7-12-4-1-5-14/h2-3,6,12,14H,1,4-5,7H2. The molecule has 16 heavy (non-hydrogen) atoms. The number of aliphatic hydroxyl groups is 1. The zero-order chi connectivity index (χ0) is 12.0. The van der Waals surface area contributed by atoms with Gasteiger partial charge in [-0.2, -0.15) is 0 Å². The fourth-order valence-electron chi connectivity index (χ4n) is 1.24. The van der Waals surface area contributed by atoms with E-state index in [-0.39, 0.29) is 12.3 Å². The van der Waals surface area contributed by atoms with E-state index in [0.29, 0.717) is 24.0 Å². The van der Waals surface area contributed by atoms with Gasteiger partial charge in [0.25, 0.3) is 5.69 Å². The van der Waals surface area contributed by atoms with Crippen LogP contribution < -0.4 is 5.32 Å². The number of nitrogens with zero attached hydrogens (tertiary/aromatic N) is 1. The first kappa shape index (κ1) is 13.1. The van der Waals surface area contributed by atoms with Crippen LogP contribution in [0.15, 0.2) is 22.7 Å². The Hall–Kier alpha value is -0.980. The lowest BCUT2D eigenvalue weighted by molar-refractivity contribution is -0.385. The van der Waals surface area contributed by atoms with Crippen molar-refractivity contribution in [1.82, 2.24) is 5.32 Å². The minimum atomic E-state index is -0.415. The van der Waals surface area contributed by atoms with Crippen LogP contribution in [0.5, 0.6) is 0 Å². The highest BCUT2D eigenvalue weighted by Crippen LogP contribution is 2.25. The molecule has 5 nitrogen and oxygen atoms in total. The van der Waals surface area contributed by atoms with Crippen molar-refractivity contribution in [1.29, 1.82) is 0 Å². The molecule has 0 saturated carbocycles. The Bertz CT molecular complexity index is 371. The van der Waals surface area contributed by atoms with Crippen LogP contribution in [0.25, 0.3) is 0 Å². The summed E-state index contributed by atoms with van der Waals surface area (Å²) in [6.07, 6.45) is 0.679. The highest BCUT2D eigenvalue weighted by molar-refractivity contribution is 9.10. The van der Waals surface area contributed by atoms with Gasteiger partial charge in [-0.1, -0.05) is 6.07 Å². The molecule has 0 fully saturated rings. The second-order valence-electron chi connectivity index (χ2n) is 3.30. The first-order valence-electron chi connectivity index (χ1n) is 4.89. The SMILES string of the molecule is O=[N+]([O-])c1cc(CNCCCO)ccc1Br. The van der Waals surface area contributed by atoms with Crippen LogP contribution in [0.2, 0.25) is 0 Å². The van der Waals surface area contributed by atoms with Crippen molar-refractivity contribution in [3.63, 3.8) is 0 Å². The molecule has 1 aromatic carbocycles. The predicted octanol–water partition coefficient (Wildman–Crippen LogP) is 1.83. The summed E-state index contributed by atoms with van der Waals surface area (Å²) in [5.74, 6) is 0. The lowest BCUT2D eigenvalue weighted by atomic mass is 10.2. The summed E-state index contributed by atoms with van der Waals surface area (Å²) in [6.45, 7) is 1.40. The molecule has 0 aliphatic rings. The Kier molecular flexibility index (Phi) is 5.37. The zero-order valence-corrected chi connectivity index (χ0v) is 10.2. The van der Waals surface area contributed by atoms with Crippen molar-refractivity contribution in [2.45, 2.75) is 13.0 Å². The molecule has 88 valence electrons. The molecule has 0 aliphatic carbocycles. The van der Waals surface area contributed by atoms with Gasteiger partial charge in [0.1, 0.15) is 0 Å². The van der Waals surface area contributed by atoms with Gasteiger partial charge >= 0.3 is 0 Å². The van der Waals surface area contributed by atoms with E-state index in [4.69, 9.17) is 5.11 Å². The van der Waals surface area contributed by atoms with Crippen LogP contribution in [-0.2, 0) is 6.54 Å². The molecule has 0 aliphatic heterocycles. The quantitative estimate of drug-likeness (QED) is 0.476. The summed E-state index contributed by atoms with van der Waals surface area (Å²) in [5, 5.41) is 22.3. The number of nitro benzene ring substituents is 1. The molecule has 2 N–H and O–H groups in total. The third-order valence-electron chi connectivity index (χ3n) is 2.05. The maximum atomic E-state index is 10.7. The summed E-state index contributed by atoms with van der Waals surface area (Å²) >= 11 is 3.13. The highest BCUT2D eigenvalue weighted by atomic mass is 79.9. The first-order valence-corrected chi connectivity index (χ1v) is 5.69. The van der Waals surface area contributed by atoms with Gasteiger partial charge in [0.15, 0.2) is 0 Å². The van der Waals surface area contributed by atoms with Gasteiger partial charge < -0.3 is 10.4 Å². The summed E-state index contributed by atoms with van der Waals surface area (Å²) in [4.78, 5) is 10.3. The van der Waals surface area contributed by atoms with E-state index in [0.717, 1.165) is 5.56 Å². The van der Waals surface area contributed by atoms with Crippen molar-refractivity contribution < 1.29 is 10.0 Å². The number of nitrogens with one attached hydrogen (secondary N) is 1. The molecule has 0 amide bonds. The molecule has 1 aromatic rings. The minimum Gasteiger partial charge on any atom is -0.396 e. The van der Waals surface area contributed by atoms with Gasteiger partial charge in [-0.3, -0.25) is 10.1 Å². The van der Waals surface area contributed by atoms with E-state index in [9.17, 15) is 10.1 Å². The van der Waals surface area contributed by atoms with Crippen molar-refractivity contribution in [2.75, 3.05) is 13.2 Å². The monoisotopic (exact) mass is 288 g/mol. The average Bonchev–Trinajstić information content (AvgIpc) is 2.26. The smallest absolute Gasteiger partial charge is 0.283 e. The number of hydrogen-bond acceptors (Lipinski definition) is 4. The van der Waals surface area contributed by atoms with E-state index in [1.54, 1.807) is 6.07 Å². The van der Waals surface area contributed by atoms with Crippen molar-refractivity contribution in [3.05, 3.63) is 38.3 Å². The van der Waals surface area contributed by atoms with Crippen molar-refractivity contribution in [2.24, 2.45) is 0 Å². The molecular weight excluding hydrogens is 276 g/mol. The van der Waals surface area contributed by atoms with Gasteiger partial charge in [0.2, 0.25) is 0 Å². The summed E-state index contributed by atoms with van der Waals surface area (Å²) in [7, 11) is 0. The van der Waals surface area contributed by atoms with E-state index in [1.165, 1.54) is 6.07 Å². The van der Waals surface area contributed by atoms with Crippen molar-refractivity contribution in [3.8, 4) is 0 Å². The number of benzene rings is 1. The maximum absolute atomic E-state index is 10.7. The Morgan fingerprint density at radius 2 is 2.25 bits per heavy atom. The van der Waals surface area contributed by atoms with Crippen molar-refractivity contribution >= 4 is 21.6 Å². The number of rotatable bonds is 6. The van der Waals surface area contributed by atoms with Gasteiger partial charge in [-0.25, -0.2) is 0 Å². The normalized spacial score (nSPS) is 10.4. The molecule has 0 unspecified atom stereocenters. The minimum absolute atomic E-state index is 0.0708. The zero-order valence-electron chi connectivity index (χ0n) is 8.65. The largest absolute Gasteiger partial charge is 0.396 e. The Balaban J connectivity index is 2.61. The molecular formula is C10H13BrN2O3. The molecule has 0 saturated heterocycles. The molecule has 0 bridgehead atoms. The lowest BCUT2D eigenvalue weighted by Crippen LogP contribution is -2.15. The maximum Gasteiger partial charge on any atom is 0.283 e. The molecule has 0 radical (unpaired) electrons. The van der Waals surface area contributed by atoms with Gasteiger partial charge in [0, 0.05) is 19.2 Å². The van der Waals surface area contributed by atoms with E-state index >= 15 is 0 Å². The van der Waals surface area contributed by atoms with E-state index in [1.807, 2.05) is 6.07 Å². The predicted molar refractivity (Wildman–Crippen MR) is 64.2 cm³/mol. The van der Waals surface area contributed by atoms with Crippen LogP contribution in [0.4, 0.5) is 5.69 Å². The summed E-state index contributed by atoms with van der Waals surface area (Å²) in [6, 6.07) is 5.03. The van der Waals surface area contributed by atoms with Gasteiger partial charge in [-0.15, -0.1) is 0 Å². The van der Waals surface area contributed by atoms with Crippen LogP contribution in [0.1, 0.15) is 12.0 Å². The van der Waals surface area contributed by atoms with E-state index < -0.39 is 4.92 Å². The summed E-state index contributed by atoms with van der Waals surface area (Å²) < 4.78 is 0.483. The van der Waals surface area contributed by atoms with Gasteiger partial charge in [-0.05, 0) is 40.5 Å². The molecule has 0 aromatic heterocycles. The summed E-state index contributed by atoms with van der Waals surface area (Å²) in [5.41, 5.74) is 0.925. The fraction of sp³-hybridized carbons (Fsp3) is 0.400. The lowest BCUT2D eigenvalue weighted by Gasteiger charge is -2.04. The third kappa shape index (κ3) is 3.88. The third-order valence-corrected chi connectivity index (χ3v) is 2.72. The van der Waals surface area contributed by atoms with E-state index in [2.05, 4.69) is 21.2 Å². The number of nitro groups is 1. The second-order valence-corrected chi connectivity index (χ2v) is 4.15. The number of halogens is 1. The second kappa shape index (κ2) is 6.57.